The normalized spacial score (nSPS) is 12.9. The first-order chi connectivity index (χ1) is 15.4. The second kappa shape index (κ2) is 8.94. The number of nitro groups is 1. The third-order valence-electron chi connectivity index (χ3n) is 4.64. The zero-order valence-corrected chi connectivity index (χ0v) is 17.2. The van der Waals surface area contributed by atoms with Gasteiger partial charge in [-0.3, -0.25) is 19.8 Å². The molecule has 9 nitrogen and oxygen atoms in total. The first-order valence-electron chi connectivity index (χ1n) is 9.48. The molecule has 0 aromatic heterocycles. The smallest absolute Gasteiger partial charge is 0.414 e. The Balaban J connectivity index is 1.45. The summed E-state index contributed by atoms with van der Waals surface area (Å²) in [6.45, 7) is 0.770. The molecule has 3 aromatic carbocycles. The topological polar surface area (TPSA) is 111 Å². The summed E-state index contributed by atoms with van der Waals surface area (Å²) in [5.41, 5.74) is 1.23. The highest BCUT2D eigenvalue weighted by Gasteiger charge is 2.23. The second-order valence-electron chi connectivity index (χ2n) is 6.77. The Hall–Kier alpha value is -4.11. The van der Waals surface area contributed by atoms with E-state index in [0.29, 0.717) is 35.8 Å². The van der Waals surface area contributed by atoms with E-state index in [1.807, 2.05) is 0 Å². The molecular weight excluding hydrogens is 438 g/mol. The van der Waals surface area contributed by atoms with Crippen LogP contribution in [0.4, 0.5) is 21.9 Å². The number of nitrogens with zero attached hydrogens (tertiary/aromatic N) is 2. The van der Waals surface area contributed by atoms with Gasteiger partial charge in [0.1, 0.15) is 12.4 Å². The molecule has 0 aliphatic carbocycles. The number of halogens is 1. The molecule has 162 valence electrons. The molecule has 0 bridgehead atoms. The maximum absolute atomic E-state index is 12.6. The largest absolute Gasteiger partial charge is 0.450 e. The second-order valence-corrected chi connectivity index (χ2v) is 7.20. The van der Waals surface area contributed by atoms with Crippen LogP contribution in [0, 0.1) is 10.1 Å². The van der Waals surface area contributed by atoms with E-state index < -0.39 is 11.0 Å². The zero-order valence-electron chi connectivity index (χ0n) is 16.5. The number of hydrogen-bond donors (Lipinski definition) is 1. The maximum Gasteiger partial charge on any atom is 0.414 e. The summed E-state index contributed by atoms with van der Waals surface area (Å²) >= 11 is 5.81. The van der Waals surface area contributed by atoms with Crippen molar-refractivity contribution >= 4 is 40.7 Å². The highest BCUT2D eigenvalue weighted by Crippen LogP contribution is 2.33. The van der Waals surface area contributed by atoms with E-state index in [9.17, 15) is 19.7 Å². The number of carbonyl (C=O) groups is 2. The third kappa shape index (κ3) is 4.62. The van der Waals surface area contributed by atoms with E-state index >= 15 is 0 Å². The van der Waals surface area contributed by atoms with E-state index in [2.05, 4.69) is 5.32 Å². The van der Waals surface area contributed by atoms with Crippen LogP contribution in [0.5, 0.6) is 11.5 Å². The summed E-state index contributed by atoms with van der Waals surface area (Å²) in [5.74, 6) is -0.00876. The molecule has 1 saturated heterocycles. The minimum atomic E-state index is -0.584. The monoisotopic (exact) mass is 453 g/mol. The average Bonchev–Trinajstić information content (AvgIpc) is 3.21. The van der Waals surface area contributed by atoms with Crippen molar-refractivity contribution < 1.29 is 24.0 Å². The van der Waals surface area contributed by atoms with Crippen molar-refractivity contribution in [1.82, 2.24) is 0 Å². The predicted octanol–water partition coefficient (Wildman–Crippen LogP) is 5.25. The predicted molar refractivity (Wildman–Crippen MR) is 118 cm³/mol. The fourth-order valence-corrected chi connectivity index (χ4v) is 3.27. The number of nitrogens with one attached hydrogen (secondary N) is 1. The van der Waals surface area contributed by atoms with Crippen LogP contribution in [0.2, 0.25) is 5.02 Å². The lowest BCUT2D eigenvalue weighted by Crippen LogP contribution is -2.23. The number of rotatable bonds is 6. The molecule has 1 heterocycles. The molecule has 10 heteroatoms. The van der Waals surface area contributed by atoms with Gasteiger partial charge in [-0.15, -0.1) is 0 Å². The van der Waals surface area contributed by atoms with Crippen LogP contribution < -0.4 is 15.0 Å². The number of anilines is 2. The van der Waals surface area contributed by atoms with Gasteiger partial charge in [0.15, 0.2) is 0 Å². The molecule has 0 radical (unpaired) electrons. The molecule has 32 heavy (non-hydrogen) atoms. The Bertz CT molecular complexity index is 1200. The first-order valence-corrected chi connectivity index (χ1v) is 9.86. The van der Waals surface area contributed by atoms with E-state index in [-0.39, 0.29) is 22.4 Å². The lowest BCUT2D eigenvalue weighted by Gasteiger charge is -2.14. The Morgan fingerprint density at radius 2 is 1.91 bits per heavy atom. The van der Waals surface area contributed by atoms with Gasteiger partial charge in [-0.1, -0.05) is 17.7 Å². The zero-order chi connectivity index (χ0) is 22.7. The highest BCUT2D eigenvalue weighted by molar-refractivity contribution is 6.30. The molecule has 1 fully saturated rings. The van der Waals surface area contributed by atoms with Gasteiger partial charge in [-0.05, 0) is 54.6 Å². The van der Waals surface area contributed by atoms with Crippen molar-refractivity contribution in [2.45, 2.75) is 0 Å². The molecular formula is C22H16ClN3O6. The van der Waals surface area contributed by atoms with Crippen LogP contribution in [-0.2, 0) is 4.74 Å². The number of amides is 2. The van der Waals surface area contributed by atoms with Crippen molar-refractivity contribution in [3.8, 4) is 11.5 Å². The number of carbonyl (C=O) groups excluding carboxylic acids is 2. The number of cyclic esters (lactones) is 1. The van der Waals surface area contributed by atoms with Crippen LogP contribution in [0.15, 0.2) is 66.7 Å². The summed E-state index contributed by atoms with van der Waals surface area (Å²) < 4.78 is 10.5. The van der Waals surface area contributed by atoms with Crippen molar-refractivity contribution in [1.29, 1.82) is 0 Å². The SMILES string of the molecule is O=C(Nc1cccc(N2CCOC2=O)c1)c1ccc(Oc2ccc(Cl)cc2[N+](=O)[O-])cc1. The summed E-state index contributed by atoms with van der Waals surface area (Å²) in [7, 11) is 0. The molecule has 4 rings (SSSR count). The van der Waals surface area contributed by atoms with Crippen LogP contribution in [0.1, 0.15) is 10.4 Å². The molecule has 0 saturated carbocycles. The van der Waals surface area contributed by atoms with Gasteiger partial charge >= 0.3 is 11.8 Å². The van der Waals surface area contributed by atoms with Crippen molar-refractivity contribution in [3.63, 3.8) is 0 Å². The third-order valence-corrected chi connectivity index (χ3v) is 4.87. The average molecular weight is 454 g/mol. The molecule has 1 N–H and O–H groups in total. The van der Waals surface area contributed by atoms with Crippen molar-refractivity contribution in [3.05, 3.63) is 87.4 Å². The highest BCUT2D eigenvalue weighted by atomic mass is 35.5. The van der Waals surface area contributed by atoms with Gasteiger partial charge in [0.25, 0.3) is 5.91 Å². The van der Waals surface area contributed by atoms with Gasteiger partial charge in [0, 0.05) is 28.0 Å². The van der Waals surface area contributed by atoms with Gasteiger partial charge in [-0.2, -0.15) is 0 Å². The Labute approximate surface area is 187 Å². The molecule has 3 aromatic rings. The molecule has 0 spiro atoms. The molecule has 1 aliphatic heterocycles. The fourth-order valence-electron chi connectivity index (χ4n) is 3.10. The number of benzene rings is 3. The number of ether oxygens (including phenoxy) is 2. The van der Waals surface area contributed by atoms with Crippen LogP contribution in [0.3, 0.4) is 0 Å². The van der Waals surface area contributed by atoms with Gasteiger partial charge in [0.05, 0.1) is 11.5 Å². The minimum Gasteiger partial charge on any atom is -0.450 e. The van der Waals surface area contributed by atoms with Crippen LogP contribution >= 0.6 is 11.6 Å². The summed E-state index contributed by atoms with van der Waals surface area (Å²) in [5, 5.41) is 14.2. The summed E-state index contributed by atoms with van der Waals surface area (Å²) in [4.78, 5) is 36.4. The number of nitro benzene ring substituents is 1. The summed E-state index contributed by atoms with van der Waals surface area (Å²) in [6.07, 6.45) is -0.426. The molecule has 0 atom stereocenters. The Morgan fingerprint density at radius 3 is 2.59 bits per heavy atom. The molecule has 0 unspecified atom stereocenters. The Kier molecular flexibility index (Phi) is 5.91. The number of hydrogen-bond acceptors (Lipinski definition) is 6. The van der Waals surface area contributed by atoms with Crippen LogP contribution in [0.25, 0.3) is 0 Å². The minimum absolute atomic E-state index is 0.0360. The standard InChI is InChI=1S/C22H16ClN3O6/c23-15-6-9-20(19(12-15)26(29)30)32-18-7-4-14(5-8-18)21(27)24-16-2-1-3-17(13-16)25-10-11-31-22(25)28/h1-9,12-13H,10-11H2,(H,24,27). The van der Waals surface area contributed by atoms with Gasteiger partial charge in [-0.25, -0.2) is 4.79 Å². The fraction of sp³-hybridized carbons (Fsp3) is 0.0909. The van der Waals surface area contributed by atoms with Crippen molar-refractivity contribution in [2.24, 2.45) is 0 Å². The Morgan fingerprint density at radius 1 is 1.12 bits per heavy atom. The van der Waals surface area contributed by atoms with E-state index in [1.54, 1.807) is 24.3 Å². The van der Waals surface area contributed by atoms with Crippen LogP contribution in [-0.4, -0.2) is 30.1 Å². The summed E-state index contributed by atoms with van der Waals surface area (Å²) in [6, 6.07) is 17.1. The van der Waals surface area contributed by atoms with Crippen molar-refractivity contribution in [2.75, 3.05) is 23.4 Å². The van der Waals surface area contributed by atoms with E-state index in [0.717, 1.165) is 0 Å². The first kappa shape index (κ1) is 21.1. The van der Waals surface area contributed by atoms with E-state index in [1.165, 1.54) is 47.4 Å². The maximum atomic E-state index is 12.6. The van der Waals surface area contributed by atoms with E-state index in [4.69, 9.17) is 21.1 Å². The van der Waals surface area contributed by atoms with Gasteiger partial charge in [0.2, 0.25) is 5.75 Å². The molecule has 1 aliphatic rings. The lowest BCUT2D eigenvalue weighted by atomic mass is 10.2. The van der Waals surface area contributed by atoms with Gasteiger partial charge < -0.3 is 14.8 Å². The lowest BCUT2D eigenvalue weighted by molar-refractivity contribution is -0.385. The molecule has 2 amide bonds. The quantitative estimate of drug-likeness (QED) is 0.403.